The molecule has 1 aromatic rings. The molecule has 1 N–H and O–H groups in total. The molecule has 0 heterocycles. The van der Waals surface area contributed by atoms with E-state index in [-0.39, 0.29) is 18.8 Å². The topological polar surface area (TPSA) is 20.2 Å². The van der Waals surface area contributed by atoms with E-state index in [4.69, 9.17) is 0 Å². The van der Waals surface area contributed by atoms with Crippen LogP contribution >= 0.6 is 0 Å². The van der Waals surface area contributed by atoms with Crippen LogP contribution in [0.5, 0.6) is 0 Å². The minimum absolute atomic E-state index is 0.0558. The molecule has 1 atom stereocenters. The van der Waals surface area contributed by atoms with Gasteiger partial charge in [-0.25, -0.2) is 0 Å². The SMILES string of the molecule is Cc1ccccc1C(O)C1CCC(C(F)(F)F)CC1. The van der Waals surface area contributed by atoms with Gasteiger partial charge >= 0.3 is 6.18 Å². The van der Waals surface area contributed by atoms with E-state index in [0.717, 1.165) is 11.1 Å². The van der Waals surface area contributed by atoms with Crippen molar-refractivity contribution < 1.29 is 18.3 Å². The first-order valence-corrected chi connectivity index (χ1v) is 6.70. The van der Waals surface area contributed by atoms with E-state index in [1.165, 1.54) is 0 Å². The van der Waals surface area contributed by atoms with Gasteiger partial charge < -0.3 is 5.11 Å². The summed E-state index contributed by atoms with van der Waals surface area (Å²) in [5, 5.41) is 10.3. The Morgan fingerprint density at radius 1 is 1.11 bits per heavy atom. The highest BCUT2D eigenvalue weighted by molar-refractivity contribution is 5.28. The van der Waals surface area contributed by atoms with Crippen molar-refractivity contribution in [3.05, 3.63) is 35.4 Å². The maximum atomic E-state index is 12.6. The first kappa shape index (κ1) is 14.4. The van der Waals surface area contributed by atoms with Crippen LogP contribution < -0.4 is 0 Å². The van der Waals surface area contributed by atoms with Crippen molar-refractivity contribution in [1.82, 2.24) is 0 Å². The number of hydrogen-bond donors (Lipinski definition) is 1. The summed E-state index contributed by atoms with van der Waals surface area (Å²) in [7, 11) is 0. The van der Waals surface area contributed by atoms with E-state index in [2.05, 4.69) is 0 Å². The van der Waals surface area contributed by atoms with Crippen molar-refractivity contribution >= 4 is 0 Å². The lowest BCUT2D eigenvalue weighted by Gasteiger charge is -2.33. The van der Waals surface area contributed by atoms with Crippen LogP contribution in [0.15, 0.2) is 24.3 Å². The lowest BCUT2D eigenvalue weighted by Crippen LogP contribution is -2.29. The number of hydrogen-bond acceptors (Lipinski definition) is 1. The number of aryl methyl sites for hydroxylation is 1. The van der Waals surface area contributed by atoms with E-state index < -0.39 is 18.2 Å². The fraction of sp³-hybridized carbons (Fsp3) is 0.600. The molecule has 0 bridgehead atoms. The standard InChI is InChI=1S/C15H19F3O/c1-10-4-2-3-5-13(10)14(19)11-6-8-12(9-7-11)15(16,17)18/h2-5,11-12,14,19H,6-9H2,1H3. The van der Waals surface area contributed by atoms with Crippen LogP contribution in [0.2, 0.25) is 0 Å². The van der Waals surface area contributed by atoms with E-state index in [1.807, 2.05) is 31.2 Å². The number of aliphatic hydroxyl groups excluding tert-OH is 1. The Hall–Kier alpha value is -1.03. The Morgan fingerprint density at radius 2 is 1.68 bits per heavy atom. The zero-order chi connectivity index (χ0) is 14.0. The molecule has 0 aliphatic heterocycles. The van der Waals surface area contributed by atoms with Crippen molar-refractivity contribution in [2.75, 3.05) is 0 Å². The van der Waals surface area contributed by atoms with Gasteiger partial charge in [-0.1, -0.05) is 24.3 Å². The lowest BCUT2D eigenvalue weighted by molar-refractivity contribution is -0.185. The van der Waals surface area contributed by atoms with Gasteiger partial charge in [0.15, 0.2) is 0 Å². The molecule has 0 radical (unpaired) electrons. The molecule has 0 spiro atoms. The molecule has 1 saturated carbocycles. The summed E-state index contributed by atoms with van der Waals surface area (Å²) in [4.78, 5) is 0. The van der Waals surface area contributed by atoms with Gasteiger partial charge in [-0.05, 0) is 49.7 Å². The van der Waals surface area contributed by atoms with Gasteiger partial charge in [-0.15, -0.1) is 0 Å². The zero-order valence-corrected chi connectivity index (χ0v) is 11.0. The average molecular weight is 272 g/mol. The minimum atomic E-state index is -4.08. The van der Waals surface area contributed by atoms with Crippen molar-refractivity contribution in [3.8, 4) is 0 Å². The molecule has 1 aromatic carbocycles. The summed E-state index contributed by atoms with van der Waals surface area (Å²) < 4.78 is 37.8. The van der Waals surface area contributed by atoms with Crippen LogP contribution in [0, 0.1) is 18.8 Å². The quantitative estimate of drug-likeness (QED) is 0.846. The van der Waals surface area contributed by atoms with Crippen LogP contribution in [0.3, 0.4) is 0 Å². The third-order valence-electron chi connectivity index (χ3n) is 4.19. The molecule has 1 aliphatic rings. The second kappa shape index (κ2) is 5.53. The molecule has 106 valence electrons. The van der Waals surface area contributed by atoms with Gasteiger partial charge in [0.25, 0.3) is 0 Å². The first-order chi connectivity index (χ1) is 8.89. The Kier molecular flexibility index (Phi) is 4.19. The van der Waals surface area contributed by atoms with Crippen molar-refractivity contribution in [1.29, 1.82) is 0 Å². The number of rotatable bonds is 2. The number of halogens is 3. The maximum absolute atomic E-state index is 12.6. The second-order valence-corrected chi connectivity index (χ2v) is 5.45. The molecular formula is C15H19F3O. The van der Waals surface area contributed by atoms with Crippen molar-refractivity contribution in [2.24, 2.45) is 11.8 Å². The molecule has 0 saturated heterocycles. The van der Waals surface area contributed by atoms with E-state index >= 15 is 0 Å². The molecule has 19 heavy (non-hydrogen) atoms. The minimum Gasteiger partial charge on any atom is -0.388 e. The van der Waals surface area contributed by atoms with E-state index in [9.17, 15) is 18.3 Å². The fourth-order valence-electron chi connectivity index (χ4n) is 2.93. The summed E-state index contributed by atoms with van der Waals surface area (Å²) in [6, 6.07) is 7.52. The molecule has 1 nitrogen and oxygen atoms in total. The van der Waals surface area contributed by atoms with Crippen molar-refractivity contribution in [3.63, 3.8) is 0 Å². The first-order valence-electron chi connectivity index (χ1n) is 6.70. The predicted octanol–water partition coefficient (Wildman–Crippen LogP) is 4.40. The normalized spacial score (nSPS) is 26.2. The highest BCUT2D eigenvalue weighted by Crippen LogP contribution is 2.43. The monoisotopic (exact) mass is 272 g/mol. The third kappa shape index (κ3) is 3.30. The van der Waals surface area contributed by atoms with Crippen LogP contribution in [-0.4, -0.2) is 11.3 Å². The molecule has 0 aromatic heterocycles. The summed E-state index contributed by atoms with van der Waals surface area (Å²) in [5.74, 6) is -1.24. The molecule has 1 fully saturated rings. The number of aliphatic hydroxyl groups is 1. The zero-order valence-electron chi connectivity index (χ0n) is 11.0. The third-order valence-corrected chi connectivity index (χ3v) is 4.19. The Labute approximate surface area is 111 Å². The van der Waals surface area contributed by atoms with Gasteiger partial charge in [-0.2, -0.15) is 13.2 Å². The van der Waals surface area contributed by atoms with Gasteiger partial charge in [0.05, 0.1) is 12.0 Å². The summed E-state index contributed by atoms with van der Waals surface area (Å²) >= 11 is 0. The van der Waals surface area contributed by atoms with Crippen LogP contribution in [-0.2, 0) is 0 Å². The number of benzene rings is 1. The van der Waals surface area contributed by atoms with Crippen molar-refractivity contribution in [2.45, 2.75) is 44.9 Å². The van der Waals surface area contributed by atoms with Gasteiger partial charge in [0.1, 0.15) is 0 Å². The lowest BCUT2D eigenvalue weighted by atomic mass is 9.77. The Balaban J connectivity index is 2.00. The van der Waals surface area contributed by atoms with Crippen LogP contribution in [0.1, 0.15) is 42.9 Å². The number of alkyl halides is 3. The predicted molar refractivity (Wildman–Crippen MR) is 67.6 cm³/mol. The molecular weight excluding hydrogens is 253 g/mol. The smallest absolute Gasteiger partial charge is 0.388 e. The molecule has 1 aliphatic carbocycles. The Morgan fingerprint density at radius 3 is 2.21 bits per heavy atom. The summed E-state index contributed by atoms with van der Waals surface area (Å²) in [5.41, 5.74) is 1.84. The summed E-state index contributed by atoms with van der Waals surface area (Å²) in [6.45, 7) is 1.92. The largest absolute Gasteiger partial charge is 0.391 e. The second-order valence-electron chi connectivity index (χ2n) is 5.45. The Bertz CT molecular complexity index is 420. The van der Waals surface area contributed by atoms with Crippen LogP contribution in [0.4, 0.5) is 13.2 Å². The molecule has 2 rings (SSSR count). The fourth-order valence-corrected chi connectivity index (χ4v) is 2.93. The van der Waals surface area contributed by atoms with Gasteiger partial charge in [0.2, 0.25) is 0 Å². The van der Waals surface area contributed by atoms with Gasteiger partial charge in [-0.3, -0.25) is 0 Å². The highest BCUT2D eigenvalue weighted by Gasteiger charge is 2.42. The molecule has 4 heteroatoms. The highest BCUT2D eigenvalue weighted by atomic mass is 19.4. The van der Waals surface area contributed by atoms with Crippen LogP contribution in [0.25, 0.3) is 0 Å². The molecule has 1 unspecified atom stereocenters. The maximum Gasteiger partial charge on any atom is 0.391 e. The van der Waals surface area contributed by atoms with E-state index in [0.29, 0.717) is 12.8 Å². The van der Waals surface area contributed by atoms with E-state index in [1.54, 1.807) is 0 Å². The average Bonchev–Trinajstić information content (AvgIpc) is 2.38. The summed E-state index contributed by atoms with van der Waals surface area (Å²) in [6.07, 6.45) is -3.57. The molecule has 0 amide bonds. The van der Waals surface area contributed by atoms with Gasteiger partial charge in [0, 0.05) is 0 Å².